The summed E-state index contributed by atoms with van der Waals surface area (Å²) in [4.78, 5) is 35.0. The Hall–Kier alpha value is -3.67. The van der Waals surface area contributed by atoms with Crippen LogP contribution in [0.5, 0.6) is 0 Å². The average molecular weight is 859 g/mol. The highest BCUT2D eigenvalue weighted by molar-refractivity contribution is 7.47. The van der Waals surface area contributed by atoms with Crippen molar-refractivity contribution in [2.45, 2.75) is 141 Å². The van der Waals surface area contributed by atoms with Crippen LogP contribution in [0.3, 0.4) is 0 Å². The van der Waals surface area contributed by atoms with Gasteiger partial charge in [0.1, 0.15) is 12.7 Å². The number of phosphoric ester groups is 1. The first-order valence-corrected chi connectivity index (χ1v) is 23.1. The van der Waals surface area contributed by atoms with Gasteiger partial charge in [0.2, 0.25) is 0 Å². The second-order valence-electron chi connectivity index (χ2n) is 13.8. The van der Waals surface area contributed by atoms with E-state index in [0.717, 1.165) is 57.8 Å². The smallest absolute Gasteiger partial charge is 0.462 e. The van der Waals surface area contributed by atoms with Crippen molar-refractivity contribution in [2.75, 3.05) is 26.4 Å². The van der Waals surface area contributed by atoms with Crippen LogP contribution < -0.4 is 0 Å². The van der Waals surface area contributed by atoms with E-state index in [9.17, 15) is 29.3 Å². The highest BCUT2D eigenvalue weighted by Gasteiger charge is 2.27. The SMILES string of the molecule is CC/C=C\C/C=C\C/C=C\C/C=C\C=C\C(O)CCCC(=O)O[C@H](COC(=O)CC/C=C\C/C=C\C/C=C\C/C=C\C/C=C\CCCCC)COP(=O)(O)OC[C@@H](O)CO. The van der Waals surface area contributed by atoms with Crippen molar-refractivity contribution in [1.82, 2.24) is 0 Å². The first-order valence-electron chi connectivity index (χ1n) is 21.6. The number of hydrogen-bond donors (Lipinski definition) is 4. The molecule has 0 aliphatic carbocycles. The molecule has 0 aliphatic heterocycles. The molecule has 0 rings (SSSR count). The minimum Gasteiger partial charge on any atom is -0.462 e. The maximum atomic E-state index is 12.6. The number of esters is 2. The largest absolute Gasteiger partial charge is 0.472 e. The lowest BCUT2D eigenvalue weighted by atomic mass is 10.1. The average Bonchev–Trinajstić information content (AvgIpc) is 3.23. The minimum absolute atomic E-state index is 0.0691. The molecular formula is C48H75O11P. The van der Waals surface area contributed by atoms with E-state index in [0.29, 0.717) is 12.8 Å². The van der Waals surface area contributed by atoms with Gasteiger partial charge in [0.15, 0.2) is 6.10 Å². The monoisotopic (exact) mass is 859 g/mol. The number of aliphatic hydroxyl groups is 3. The Labute approximate surface area is 360 Å². The van der Waals surface area contributed by atoms with Crippen LogP contribution in [-0.2, 0) is 32.7 Å². The number of aliphatic hydroxyl groups excluding tert-OH is 3. The molecule has 12 heteroatoms. The highest BCUT2D eigenvalue weighted by atomic mass is 31.2. The van der Waals surface area contributed by atoms with E-state index >= 15 is 0 Å². The number of hydrogen-bond acceptors (Lipinski definition) is 10. The van der Waals surface area contributed by atoms with Crippen LogP contribution in [0.25, 0.3) is 0 Å². The highest BCUT2D eigenvalue weighted by Crippen LogP contribution is 2.43. The van der Waals surface area contributed by atoms with Crippen molar-refractivity contribution >= 4 is 19.8 Å². The van der Waals surface area contributed by atoms with Crippen LogP contribution in [-0.4, -0.2) is 76.9 Å². The number of unbranched alkanes of at least 4 members (excludes halogenated alkanes) is 3. The van der Waals surface area contributed by atoms with Crippen molar-refractivity contribution in [2.24, 2.45) is 0 Å². The summed E-state index contributed by atoms with van der Waals surface area (Å²) in [6.45, 7) is 1.89. The predicted molar refractivity (Wildman–Crippen MR) is 243 cm³/mol. The summed E-state index contributed by atoms with van der Waals surface area (Å²) in [5.74, 6) is -1.24. The molecule has 0 saturated carbocycles. The standard InChI is InChI=1S/C48H75O11P/c1-3-5-7-9-11-13-15-17-18-19-20-21-22-24-26-28-30-32-34-38-47(52)56-42-46(43-58-60(54,55)57-41-45(51)40-49)59-48(53)39-35-37-44(50)36-33-31-29-27-25-23-16-14-12-10-8-6-4-2/h6,8,11-14,17-18,20-21,23-26,29-33,36,44-46,49-51H,3-5,7,9-10,15-16,19,22,27-28,34-35,37-43H2,1-2H3,(H,54,55)/b8-6-,13-11-,14-12-,18-17-,21-20-,25-23-,26-24-,31-29-,32-30-,36-33+/t44?,45-,46+/m0/s1. The molecule has 338 valence electrons. The number of ether oxygens (including phenoxy) is 2. The van der Waals surface area contributed by atoms with Crippen molar-refractivity contribution in [3.05, 3.63) is 122 Å². The van der Waals surface area contributed by atoms with Crippen LogP contribution in [0.1, 0.15) is 123 Å². The van der Waals surface area contributed by atoms with E-state index in [4.69, 9.17) is 19.1 Å². The minimum atomic E-state index is -4.70. The summed E-state index contributed by atoms with van der Waals surface area (Å²) in [5, 5.41) is 28.6. The first-order chi connectivity index (χ1) is 29.1. The molecule has 11 nitrogen and oxygen atoms in total. The van der Waals surface area contributed by atoms with E-state index in [-0.39, 0.29) is 19.3 Å². The molecule has 4 N–H and O–H groups in total. The van der Waals surface area contributed by atoms with Crippen LogP contribution in [0, 0.1) is 0 Å². The van der Waals surface area contributed by atoms with E-state index < -0.39 is 64.5 Å². The van der Waals surface area contributed by atoms with Crippen LogP contribution in [0.2, 0.25) is 0 Å². The topological polar surface area (TPSA) is 169 Å². The summed E-state index contributed by atoms with van der Waals surface area (Å²) < 4.78 is 32.5. The van der Waals surface area contributed by atoms with E-state index in [2.05, 4.69) is 103 Å². The third-order valence-corrected chi connectivity index (χ3v) is 9.17. The maximum absolute atomic E-state index is 12.6. The third-order valence-electron chi connectivity index (χ3n) is 8.22. The molecule has 0 fully saturated rings. The lowest BCUT2D eigenvalue weighted by Gasteiger charge is -2.20. The number of carbonyl (C=O) groups excluding carboxylic acids is 2. The second-order valence-corrected chi connectivity index (χ2v) is 15.3. The van der Waals surface area contributed by atoms with Crippen molar-refractivity contribution < 1.29 is 52.9 Å². The lowest BCUT2D eigenvalue weighted by Crippen LogP contribution is -2.30. The third kappa shape index (κ3) is 41.1. The van der Waals surface area contributed by atoms with Gasteiger partial charge in [-0.3, -0.25) is 18.6 Å². The molecule has 0 spiro atoms. The molecule has 0 heterocycles. The fourth-order valence-electron chi connectivity index (χ4n) is 4.88. The molecule has 0 saturated heterocycles. The summed E-state index contributed by atoms with van der Waals surface area (Å²) >= 11 is 0. The lowest BCUT2D eigenvalue weighted by molar-refractivity contribution is -0.161. The zero-order chi connectivity index (χ0) is 44.2. The van der Waals surface area contributed by atoms with Crippen molar-refractivity contribution in [3.8, 4) is 0 Å². The van der Waals surface area contributed by atoms with E-state index in [1.54, 1.807) is 12.2 Å². The van der Waals surface area contributed by atoms with Gasteiger partial charge in [0.05, 0.1) is 25.9 Å². The van der Waals surface area contributed by atoms with Crippen molar-refractivity contribution in [3.63, 3.8) is 0 Å². The Morgan fingerprint density at radius 3 is 1.65 bits per heavy atom. The molecule has 0 amide bonds. The number of rotatable bonds is 38. The Kier molecular flexibility index (Phi) is 39.5. The van der Waals surface area contributed by atoms with Gasteiger partial charge < -0.3 is 29.7 Å². The van der Waals surface area contributed by atoms with Crippen LogP contribution in [0.15, 0.2) is 122 Å². The summed E-state index contributed by atoms with van der Waals surface area (Å²) in [5.41, 5.74) is 0. The van der Waals surface area contributed by atoms with E-state index in [1.165, 1.54) is 19.3 Å². The molecule has 0 aromatic heterocycles. The number of carbonyl (C=O) groups is 2. The second kappa shape index (κ2) is 42.0. The van der Waals surface area contributed by atoms with Gasteiger partial charge >= 0.3 is 19.8 Å². The van der Waals surface area contributed by atoms with Gasteiger partial charge in [0, 0.05) is 12.8 Å². The van der Waals surface area contributed by atoms with Gasteiger partial charge in [-0.15, -0.1) is 0 Å². The zero-order valence-electron chi connectivity index (χ0n) is 36.2. The van der Waals surface area contributed by atoms with Gasteiger partial charge in [-0.05, 0) is 83.5 Å². The number of phosphoric acid groups is 1. The predicted octanol–water partition coefficient (Wildman–Crippen LogP) is 10.5. The zero-order valence-corrected chi connectivity index (χ0v) is 37.1. The molecule has 60 heavy (non-hydrogen) atoms. The Morgan fingerprint density at radius 2 is 1.10 bits per heavy atom. The quantitative estimate of drug-likeness (QED) is 0.0153. The molecule has 2 unspecified atom stereocenters. The van der Waals surface area contributed by atoms with Gasteiger partial charge in [-0.25, -0.2) is 4.57 Å². The molecule has 0 aromatic rings. The summed E-state index contributed by atoms with van der Waals surface area (Å²) in [6, 6.07) is 0. The molecule has 0 radical (unpaired) electrons. The van der Waals surface area contributed by atoms with Gasteiger partial charge in [-0.2, -0.15) is 0 Å². The van der Waals surface area contributed by atoms with Gasteiger partial charge in [0.25, 0.3) is 0 Å². The molecule has 0 bridgehead atoms. The molecular weight excluding hydrogens is 783 g/mol. The van der Waals surface area contributed by atoms with Gasteiger partial charge in [-0.1, -0.05) is 148 Å². The first kappa shape index (κ1) is 56.3. The Morgan fingerprint density at radius 1 is 0.583 bits per heavy atom. The molecule has 4 atom stereocenters. The maximum Gasteiger partial charge on any atom is 0.472 e. The molecule has 0 aliphatic rings. The summed E-state index contributed by atoms with van der Waals surface area (Å²) in [6.07, 6.45) is 50.6. The van der Waals surface area contributed by atoms with Crippen LogP contribution in [0.4, 0.5) is 0 Å². The molecule has 0 aromatic carbocycles. The number of allylic oxidation sites excluding steroid dienone is 19. The normalized spacial score (nSPS) is 15.5. The van der Waals surface area contributed by atoms with E-state index in [1.807, 2.05) is 24.3 Å². The fourth-order valence-corrected chi connectivity index (χ4v) is 5.67. The fraction of sp³-hybridized carbons (Fsp3) is 0.542. The Bertz CT molecular complexity index is 1420. The Balaban J connectivity index is 4.64. The van der Waals surface area contributed by atoms with Crippen molar-refractivity contribution in [1.29, 1.82) is 0 Å². The summed E-state index contributed by atoms with van der Waals surface area (Å²) in [7, 11) is -4.70. The van der Waals surface area contributed by atoms with Crippen LogP contribution >= 0.6 is 7.82 Å².